The van der Waals surface area contributed by atoms with Crippen molar-refractivity contribution < 1.29 is 22.4 Å². The van der Waals surface area contributed by atoms with Crippen LogP contribution in [0.15, 0.2) is 169 Å². The Kier molecular flexibility index (Phi) is 13.4. The molecule has 1 radical (unpaired) electrons. The zero-order valence-corrected chi connectivity index (χ0v) is 40.6. The number of fused-ring (bicyclic) bond motifs is 3. The quantitative estimate of drug-likeness (QED) is 0.118. The molecule has 0 saturated heterocycles. The maximum atomic E-state index is 5.30. The molecule has 1 aliphatic heterocycles. The van der Waals surface area contributed by atoms with Crippen LogP contribution in [0.4, 0.5) is 11.4 Å². The zero-order valence-electron chi connectivity index (χ0n) is 38.4. The summed E-state index contributed by atoms with van der Waals surface area (Å²) in [7, 11) is 0. The maximum Gasteiger partial charge on any atom is 0.129 e. The average Bonchev–Trinajstić information content (AvgIpc) is 3.88. The summed E-state index contributed by atoms with van der Waals surface area (Å²) in [5.74, 6) is 1.64. The number of aromatic nitrogens is 1. The second-order valence-electron chi connectivity index (χ2n) is 19.3. The molecule has 2 heterocycles. The molecule has 8 aromatic rings. The number of anilines is 2. The zero-order chi connectivity index (χ0) is 43.8. The van der Waals surface area contributed by atoms with Gasteiger partial charge in [0.25, 0.3) is 0 Å². The molecule has 325 valence electrons. The van der Waals surface area contributed by atoms with Crippen LogP contribution >= 0.6 is 0 Å². The first-order chi connectivity index (χ1) is 29.7. The van der Waals surface area contributed by atoms with Crippen molar-refractivity contribution in [1.29, 1.82) is 0 Å². The molecule has 1 aliphatic rings. The Hall–Kier alpha value is -5.65. The number of rotatable bonds is 7. The van der Waals surface area contributed by atoms with Crippen LogP contribution in [0.25, 0.3) is 44.1 Å². The van der Waals surface area contributed by atoms with Gasteiger partial charge in [0.1, 0.15) is 5.84 Å². The Balaban J connectivity index is 0.000000228. The van der Waals surface area contributed by atoms with Crippen LogP contribution in [-0.2, 0) is 33.2 Å². The minimum Gasteiger partial charge on any atom is -0.657 e. The maximum absolute atomic E-state index is 5.30. The molecule has 0 spiro atoms. The smallest absolute Gasteiger partial charge is 0.129 e. The normalized spacial score (nSPS) is 13.0. The van der Waals surface area contributed by atoms with E-state index < -0.39 is 0 Å². The van der Waals surface area contributed by atoms with Crippen molar-refractivity contribution in [2.45, 2.75) is 91.9 Å². The number of benzene rings is 7. The van der Waals surface area contributed by atoms with E-state index in [1.54, 1.807) is 0 Å². The van der Waals surface area contributed by atoms with Gasteiger partial charge >= 0.3 is 0 Å². The standard InChI is InChI=1S/C38H36N3.C20H24N.Au/c1-27(2)35-21-14-22-36(28(3)4)37(35)41-26-40(38(39-41)31-19-12-7-13-20-31)34-24-32(29-15-8-5-9-16-29)23-33(25-34)30-17-10-6-11-18-30;1-19(2,3)13-7-9-15-16-10-8-14(20(4,5)6)12-18(16)21-17(15)11-13;/h5-28H,1-4H3;7-12H,1-6H3;/q2*-1;. The van der Waals surface area contributed by atoms with Gasteiger partial charge in [-0.1, -0.05) is 215 Å². The van der Waals surface area contributed by atoms with E-state index in [1.807, 2.05) is 0 Å². The van der Waals surface area contributed by atoms with E-state index in [9.17, 15) is 0 Å². The second-order valence-corrected chi connectivity index (χ2v) is 19.3. The summed E-state index contributed by atoms with van der Waals surface area (Å²) in [6.07, 6.45) is 0. The summed E-state index contributed by atoms with van der Waals surface area (Å²) in [5, 5.41) is 9.92. The minimum atomic E-state index is 0. The minimum absolute atomic E-state index is 0. The SMILES string of the molecule is CC(C)(C)c1ccc2c(c1)[n-]c1cc(C(C)(C)C)ccc12.CC(C)c1cccc(C(C)C)c1N1[CH-]N(c2cc(-c3ccccc3)cc(-c3ccccc3)c2)C(c2ccccc2)=N1.[Au]. The summed E-state index contributed by atoms with van der Waals surface area (Å²) < 4.78 is 0. The molecule has 0 saturated carbocycles. The van der Waals surface area contributed by atoms with Crippen molar-refractivity contribution in [1.82, 2.24) is 4.98 Å². The first kappa shape index (κ1) is 45.4. The van der Waals surface area contributed by atoms with E-state index in [1.165, 1.54) is 61.0 Å². The fraction of sp³-hybridized carbons (Fsp3) is 0.241. The average molecular weight is 1010 g/mol. The molecule has 0 N–H and O–H groups in total. The van der Waals surface area contributed by atoms with E-state index in [0.717, 1.165) is 28.1 Å². The van der Waals surface area contributed by atoms with E-state index in [2.05, 4.69) is 250 Å². The monoisotopic (exact) mass is 1010 g/mol. The van der Waals surface area contributed by atoms with Gasteiger partial charge in [-0.05, 0) is 96.1 Å². The molecular formula is C58H60AuN4-2. The summed E-state index contributed by atoms with van der Waals surface area (Å²) >= 11 is 0. The molecule has 1 aromatic heterocycles. The first-order valence-electron chi connectivity index (χ1n) is 22.1. The molecule has 7 aromatic carbocycles. The van der Waals surface area contributed by atoms with Crippen LogP contribution < -0.4 is 14.9 Å². The van der Waals surface area contributed by atoms with Crippen molar-refractivity contribution in [2.75, 3.05) is 9.91 Å². The van der Waals surface area contributed by atoms with Crippen molar-refractivity contribution >= 4 is 39.0 Å². The van der Waals surface area contributed by atoms with Gasteiger partial charge in [0.15, 0.2) is 0 Å². The van der Waals surface area contributed by atoms with Gasteiger partial charge in [-0.2, -0.15) is 5.10 Å². The molecule has 5 heteroatoms. The number of nitrogens with zero attached hydrogens (tertiary/aromatic N) is 4. The van der Waals surface area contributed by atoms with E-state index in [4.69, 9.17) is 10.1 Å². The Labute approximate surface area is 391 Å². The number of hydrazone groups is 1. The third-order valence-corrected chi connectivity index (χ3v) is 11.9. The largest absolute Gasteiger partial charge is 0.657 e. The third kappa shape index (κ3) is 9.80. The Morgan fingerprint density at radius 2 is 0.905 bits per heavy atom. The van der Waals surface area contributed by atoms with Crippen molar-refractivity contribution in [3.63, 3.8) is 0 Å². The Bertz CT molecular complexity index is 2690. The molecule has 4 nitrogen and oxygen atoms in total. The molecule has 0 fully saturated rings. The first-order valence-corrected chi connectivity index (χ1v) is 22.1. The van der Waals surface area contributed by atoms with Crippen molar-refractivity contribution in [3.05, 3.63) is 198 Å². The predicted molar refractivity (Wildman–Crippen MR) is 266 cm³/mol. The number of hydrogen-bond acceptors (Lipinski definition) is 3. The number of para-hydroxylation sites is 1. The van der Waals surface area contributed by atoms with Crippen LogP contribution in [0.5, 0.6) is 0 Å². The van der Waals surface area contributed by atoms with Crippen LogP contribution in [0.2, 0.25) is 0 Å². The van der Waals surface area contributed by atoms with Crippen LogP contribution in [0.3, 0.4) is 0 Å². The van der Waals surface area contributed by atoms with Crippen LogP contribution in [-0.4, -0.2) is 5.84 Å². The summed E-state index contributed by atoms with van der Waals surface area (Å²) in [5.41, 5.74) is 15.9. The van der Waals surface area contributed by atoms with Crippen molar-refractivity contribution in [3.8, 4) is 22.3 Å². The van der Waals surface area contributed by atoms with Gasteiger partial charge in [-0.3, -0.25) is 0 Å². The molecule has 0 bridgehead atoms. The summed E-state index contributed by atoms with van der Waals surface area (Å²) in [6.45, 7) is 24.7. The van der Waals surface area contributed by atoms with E-state index in [0.29, 0.717) is 11.8 Å². The Morgan fingerprint density at radius 3 is 1.32 bits per heavy atom. The fourth-order valence-electron chi connectivity index (χ4n) is 8.31. The predicted octanol–water partition coefficient (Wildman–Crippen LogP) is 15.6. The number of hydrogen-bond donors (Lipinski definition) is 0. The summed E-state index contributed by atoms with van der Waals surface area (Å²) in [6, 6.07) is 58.6. The van der Waals surface area contributed by atoms with Gasteiger partial charge < -0.3 is 14.9 Å². The fourth-order valence-corrected chi connectivity index (χ4v) is 8.31. The van der Waals surface area contributed by atoms with Crippen LogP contribution in [0.1, 0.15) is 109 Å². The Morgan fingerprint density at radius 1 is 0.476 bits per heavy atom. The van der Waals surface area contributed by atoms with Crippen molar-refractivity contribution in [2.24, 2.45) is 5.10 Å². The molecular weight excluding hydrogens is 950 g/mol. The second kappa shape index (κ2) is 18.6. The van der Waals surface area contributed by atoms with Crippen LogP contribution in [0, 0.1) is 6.67 Å². The third-order valence-electron chi connectivity index (χ3n) is 11.9. The molecule has 0 aliphatic carbocycles. The molecule has 0 unspecified atom stereocenters. The van der Waals surface area contributed by atoms with Gasteiger partial charge in [0, 0.05) is 39.3 Å². The molecule has 9 rings (SSSR count). The van der Waals surface area contributed by atoms with E-state index in [-0.39, 0.29) is 33.2 Å². The molecule has 63 heavy (non-hydrogen) atoms. The van der Waals surface area contributed by atoms with E-state index >= 15 is 0 Å². The molecule has 0 atom stereocenters. The molecule has 0 amide bonds. The van der Waals surface area contributed by atoms with Gasteiger partial charge in [0.05, 0.1) is 0 Å². The summed E-state index contributed by atoms with van der Waals surface area (Å²) in [4.78, 5) is 7.11. The van der Waals surface area contributed by atoms with Gasteiger partial charge in [-0.15, -0.1) is 17.7 Å². The van der Waals surface area contributed by atoms with Gasteiger partial charge in [-0.25, -0.2) is 0 Å². The number of amidine groups is 1. The van der Waals surface area contributed by atoms with Gasteiger partial charge in [0.2, 0.25) is 0 Å². The topological polar surface area (TPSA) is 32.9 Å².